The summed E-state index contributed by atoms with van der Waals surface area (Å²) in [7, 11) is 0. The number of rotatable bonds is 3. The summed E-state index contributed by atoms with van der Waals surface area (Å²) in [5, 5.41) is 39.3. The number of aliphatic hydroxyl groups excluding tert-OH is 3. The molecule has 0 aromatic heterocycles. The molecule has 5 nitrogen and oxygen atoms in total. The van der Waals surface area contributed by atoms with Gasteiger partial charge in [0, 0.05) is 24.0 Å². The van der Waals surface area contributed by atoms with Crippen LogP contribution in [0.4, 0.5) is 0 Å². The van der Waals surface area contributed by atoms with Crippen molar-refractivity contribution in [2.75, 3.05) is 0 Å². The van der Waals surface area contributed by atoms with Gasteiger partial charge < -0.3 is 20.4 Å². The summed E-state index contributed by atoms with van der Waals surface area (Å²) in [6.45, 7) is 0. The van der Waals surface area contributed by atoms with Crippen LogP contribution >= 0.6 is 0 Å². The number of hydrogen-bond acceptors (Lipinski definition) is 5. The summed E-state index contributed by atoms with van der Waals surface area (Å²) in [6, 6.07) is -6.95. The number of benzene rings is 1. The molecule has 0 aliphatic heterocycles. The first-order chi connectivity index (χ1) is 13.5. The maximum Gasteiger partial charge on any atom is 0.196 e. The number of aromatic hydroxyl groups is 1. The molecule has 0 saturated carbocycles. The Bertz CT molecular complexity index is 1040. The Labute approximate surface area is 129 Å². The second kappa shape index (κ2) is 5.52. The van der Waals surface area contributed by atoms with Crippen LogP contribution in [0, 0.1) is 0 Å². The van der Waals surface area contributed by atoms with Crippen LogP contribution in [0.15, 0.2) is 59.1 Å². The summed E-state index contributed by atoms with van der Waals surface area (Å²) < 4.78 is 77.7. The Balaban J connectivity index is 2.85. The molecule has 0 saturated heterocycles. The van der Waals surface area contributed by atoms with Gasteiger partial charge in [0.25, 0.3) is 0 Å². The summed E-state index contributed by atoms with van der Waals surface area (Å²) in [6.07, 6.45) is -7.29. The van der Waals surface area contributed by atoms with E-state index in [0.717, 1.165) is 0 Å². The van der Waals surface area contributed by atoms with E-state index in [-0.39, 0.29) is 0 Å². The zero-order chi connectivity index (χ0) is 23.5. The number of allylic oxidation sites excluding steroid dienone is 4. The third-order valence-corrected chi connectivity index (χ3v) is 2.09. The summed E-state index contributed by atoms with van der Waals surface area (Å²) in [5.74, 6) is -7.23. The molecule has 5 heteroatoms. The summed E-state index contributed by atoms with van der Waals surface area (Å²) in [5.41, 5.74) is -2.58. The molecule has 1 aromatic rings. The minimum atomic E-state index is -3.71. The third-order valence-electron chi connectivity index (χ3n) is 2.09. The second-order valence-electron chi connectivity index (χ2n) is 3.47. The van der Waals surface area contributed by atoms with E-state index in [1.54, 1.807) is 0 Å². The Kier molecular flexibility index (Phi) is 1.59. The number of phenols is 1. The lowest BCUT2D eigenvalue weighted by Gasteiger charge is -2.11. The van der Waals surface area contributed by atoms with Gasteiger partial charge in [0.1, 0.15) is 28.6 Å². The Morgan fingerprint density at radius 3 is 2.45 bits per heavy atom. The molecule has 0 amide bonds. The van der Waals surface area contributed by atoms with Crippen molar-refractivity contribution in [1.29, 1.82) is 0 Å². The molecule has 1 aliphatic rings. The van der Waals surface area contributed by atoms with Gasteiger partial charge in [0.2, 0.25) is 0 Å². The van der Waals surface area contributed by atoms with Gasteiger partial charge >= 0.3 is 0 Å². The van der Waals surface area contributed by atoms with E-state index in [9.17, 15) is 25.2 Å². The van der Waals surface area contributed by atoms with E-state index in [1.165, 1.54) is 0 Å². The molecule has 0 unspecified atom stereocenters. The van der Waals surface area contributed by atoms with E-state index in [0.29, 0.717) is 0 Å². The smallest absolute Gasteiger partial charge is 0.196 e. The second-order valence-corrected chi connectivity index (χ2v) is 3.47. The lowest BCUT2D eigenvalue weighted by Crippen LogP contribution is -2.11. The number of aliphatic hydroxyl groups is 3. The predicted octanol–water partition coefficient (Wildman–Crippen LogP) is 2.60. The zero-order valence-corrected chi connectivity index (χ0v) is 9.70. The van der Waals surface area contributed by atoms with Gasteiger partial charge in [-0.2, -0.15) is 0 Å². The van der Waals surface area contributed by atoms with Crippen LogP contribution in [0.25, 0.3) is 0 Å². The van der Waals surface area contributed by atoms with Crippen LogP contribution in [-0.4, -0.2) is 26.2 Å². The van der Waals surface area contributed by atoms with Gasteiger partial charge in [-0.25, -0.2) is 0 Å². The van der Waals surface area contributed by atoms with Crippen molar-refractivity contribution in [3.05, 3.63) is 64.7 Å². The maximum absolute atomic E-state index is 12.2. The average molecular weight is 284 g/mol. The van der Waals surface area contributed by atoms with E-state index in [1.807, 2.05) is 0 Å². The number of ketones is 1. The lowest BCUT2D eigenvalue weighted by atomic mass is 9.99. The van der Waals surface area contributed by atoms with Gasteiger partial charge in [0.15, 0.2) is 5.78 Å². The van der Waals surface area contributed by atoms with Crippen molar-refractivity contribution in [3.63, 3.8) is 0 Å². The minimum absolute atomic E-state index is 1.08. The molecular weight excluding hydrogens is 260 g/mol. The molecule has 2 rings (SSSR count). The lowest BCUT2D eigenvalue weighted by molar-refractivity contribution is -0.111. The normalized spacial score (nSPS) is 27.1. The number of phenolic OH excluding ortho intramolecular Hbond substituents is 1. The van der Waals surface area contributed by atoms with Crippen LogP contribution < -0.4 is 0 Å². The fourth-order valence-electron chi connectivity index (χ4n) is 1.26. The van der Waals surface area contributed by atoms with Crippen LogP contribution in [-0.2, 0) is 11.2 Å². The minimum Gasteiger partial charge on any atom is -0.511 e. The SMILES string of the molecule is [2H]C1=C(O)C([2H])=C(O)/C(=C(\O)C([2H])([2H])C([2H])([2H])c2c([2H])c([2H])c(O)c([2H])c2[2H])C1=O. The fraction of sp³-hybridized carbons (Fsp3) is 0.133. The van der Waals surface area contributed by atoms with Crippen molar-refractivity contribution in [2.24, 2.45) is 0 Å². The highest BCUT2D eigenvalue weighted by atomic mass is 16.3. The third kappa shape index (κ3) is 3.00. The molecule has 1 aliphatic carbocycles. The van der Waals surface area contributed by atoms with Crippen molar-refractivity contribution >= 4 is 5.78 Å². The first-order valence-corrected chi connectivity index (χ1v) is 5.10. The van der Waals surface area contributed by atoms with Gasteiger partial charge in [-0.1, -0.05) is 12.1 Å². The number of carbonyl (C=O) groups excluding carboxylic acids is 1. The Morgan fingerprint density at radius 2 is 1.80 bits per heavy atom. The first-order valence-electron chi connectivity index (χ1n) is 10.1. The largest absolute Gasteiger partial charge is 0.511 e. The van der Waals surface area contributed by atoms with Crippen molar-refractivity contribution in [1.82, 2.24) is 0 Å². The van der Waals surface area contributed by atoms with Crippen LogP contribution in [0.3, 0.4) is 0 Å². The maximum atomic E-state index is 12.2. The summed E-state index contributed by atoms with van der Waals surface area (Å²) >= 11 is 0. The average Bonchev–Trinajstić information content (AvgIpc) is 2.67. The number of carbonyl (C=O) groups is 1. The monoisotopic (exact) mass is 284 g/mol. The molecular formula is C15H14O5. The highest BCUT2D eigenvalue weighted by Gasteiger charge is 2.22. The molecule has 0 fully saturated rings. The Morgan fingerprint density at radius 1 is 1.15 bits per heavy atom. The molecule has 4 N–H and O–H groups in total. The highest BCUT2D eigenvalue weighted by Crippen LogP contribution is 2.22. The van der Waals surface area contributed by atoms with E-state index < -0.39 is 89.0 Å². The predicted molar refractivity (Wildman–Crippen MR) is 72.5 cm³/mol. The number of hydrogen-bond donors (Lipinski definition) is 4. The van der Waals surface area contributed by atoms with Gasteiger partial charge in [0.05, 0.1) is 8.22 Å². The fourth-order valence-corrected chi connectivity index (χ4v) is 1.26. The molecule has 0 radical (unpaired) electrons. The van der Waals surface area contributed by atoms with E-state index in [2.05, 4.69) is 0 Å². The molecule has 0 spiro atoms. The molecule has 1 aromatic carbocycles. The first kappa shape index (κ1) is 5.75. The molecule has 20 heavy (non-hydrogen) atoms. The molecule has 104 valence electrons. The van der Waals surface area contributed by atoms with Crippen molar-refractivity contribution in [2.45, 2.75) is 12.7 Å². The molecule has 0 bridgehead atoms. The Hall–Kier alpha value is -2.69. The van der Waals surface area contributed by atoms with Crippen molar-refractivity contribution < 1.29 is 38.9 Å². The summed E-state index contributed by atoms with van der Waals surface area (Å²) in [4.78, 5) is 12.2. The van der Waals surface area contributed by atoms with E-state index >= 15 is 0 Å². The van der Waals surface area contributed by atoms with Gasteiger partial charge in [-0.05, 0) is 24.0 Å². The van der Waals surface area contributed by atoms with Crippen LogP contribution in [0.5, 0.6) is 5.75 Å². The topological polar surface area (TPSA) is 98.0 Å². The van der Waals surface area contributed by atoms with Crippen LogP contribution in [0.1, 0.15) is 25.6 Å². The van der Waals surface area contributed by atoms with E-state index in [4.69, 9.17) is 13.7 Å². The quantitative estimate of drug-likeness (QED) is 0.505. The highest BCUT2D eigenvalue weighted by molar-refractivity contribution is 6.08. The zero-order valence-electron chi connectivity index (χ0n) is 19.7. The van der Waals surface area contributed by atoms with Crippen LogP contribution in [0.2, 0.25) is 0 Å². The van der Waals surface area contributed by atoms with Gasteiger partial charge in [-0.3, -0.25) is 4.79 Å². The molecule has 0 atom stereocenters. The standard InChI is InChI=1S/C15H14O5/c16-10-4-1-9(2-5-10)3-6-12(18)15-13(19)7-11(17)8-14(15)20/h1-2,4-5,7-8,16-19H,3,6H2/b15-12+/i1D,2D,3D2,4D,5D,6D2,7D,8D. The van der Waals surface area contributed by atoms with Gasteiger partial charge in [-0.15, -0.1) is 0 Å². The van der Waals surface area contributed by atoms with Crippen molar-refractivity contribution in [3.8, 4) is 5.75 Å². The molecule has 0 heterocycles.